The number of aryl methyl sites for hydroxylation is 1. The van der Waals surface area contributed by atoms with Gasteiger partial charge in [0.1, 0.15) is 0 Å². The van der Waals surface area contributed by atoms with Crippen molar-refractivity contribution in [3.8, 4) is 11.1 Å². The second-order valence-corrected chi connectivity index (χ2v) is 7.47. The van der Waals surface area contributed by atoms with Crippen LogP contribution in [0.2, 0.25) is 0 Å². The number of anilines is 5. The maximum atomic E-state index is 6.26. The lowest BCUT2D eigenvalue weighted by atomic mass is 10.0. The first-order chi connectivity index (χ1) is 14.6. The van der Waals surface area contributed by atoms with E-state index in [0.29, 0.717) is 0 Å². The summed E-state index contributed by atoms with van der Waals surface area (Å²) in [6.45, 7) is 2.87. The Morgan fingerprint density at radius 1 is 0.667 bits per heavy atom. The van der Waals surface area contributed by atoms with Crippen LogP contribution < -0.4 is 22.1 Å². The minimum Gasteiger partial charge on any atom is -0.399 e. The van der Waals surface area contributed by atoms with Crippen LogP contribution in [-0.2, 0) is 6.54 Å². The van der Waals surface area contributed by atoms with Crippen LogP contribution in [0.4, 0.5) is 28.4 Å². The third-order valence-electron chi connectivity index (χ3n) is 5.07. The van der Waals surface area contributed by atoms with E-state index in [1.54, 1.807) is 0 Å². The number of nitrogens with one attached hydrogen (secondary N) is 2. The molecule has 0 aliphatic heterocycles. The lowest BCUT2D eigenvalue weighted by molar-refractivity contribution is 1.15. The topological polar surface area (TPSA) is 76.1 Å². The van der Waals surface area contributed by atoms with Crippen molar-refractivity contribution >= 4 is 28.4 Å². The molecule has 0 aliphatic rings. The maximum Gasteiger partial charge on any atom is 0.0400 e. The van der Waals surface area contributed by atoms with Gasteiger partial charge in [0.05, 0.1) is 0 Å². The Morgan fingerprint density at radius 2 is 1.30 bits per heavy atom. The molecular formula is C26H26N4. The molecule has 0 fully saturated rings. The van der Waals surface area contributed by atoms with Crippen molar-refractivity contribution in [3.63, 3.8) is 0 Å². The van der Waals surface area contributed by atoms with E-state index in [9.17, 15) is 0 Å². The molecule has 4 nitrogen and oxygen atoms in total. The molecule has 0 unspecified atom stereocenters. The Kier molecular flexibility index (Phi) is 5.57. The first-order valence-electron chi connectivity index (χ1n) is 9.99. The van der Waals surface area contributed by atoms with Crippen molar-refractivity contribution in [3.05, 3.63) is 102 Å². The summed E-state index contributed by atoms with van der Waals surface area (Å²) in [6, 6.07) is 30.6. The highest BCUT2D eigenvalue weighted by Crippen LogP contribution is 2.30. The van der Waals surface area contributed by atoms with Gasteiger partial charge in [0.25, 0.3) is 0 Å². The van der Waals surface area contributed by atoms with E-state index in [4.69, 9.17) is 11.5 Å². The van der Waals surface area contributed by atoms with Crippen LogP contribution in [0, 0.1) is 6.92 Å². The van der Waals surface area contributed by atoms with Crippen molar-refractivity contribution in [1.82, 2.24) is 0 Å². The van der Waals surface area contributed by atoms with Crippen LogP contribution in [-0.4, -0.2) is 0 Å². The molecule has 0 saturated carbocycles. The minimum atomic E-state index is 0.746. The fourth-order valence-electron chi connectivity index (χ4n) is 3.29. The van der Waals surface area contributed by atoms with Gasteiger partial charge in [-0.05, 0) is 72.6 Å². The predicted molar refractivity (Wildman–Crippen MR) is 129 cm³/mol. The van der Waals surface area contributed by atoms with Gasteiger partial charge in [0.2, 0.25) is 0 Å². The highest BCUT2D eigenvalue weighted by atomic mass is 14.9. The van der Waals surface area contributed by atoms with Crippen LogP contribution >= 0.6 is 0 Å². The maximum absolute atomic E-state index is 6.26. The summed E-state index contributed by atoms with van der Waals surface area (Å²) < 4.78 is 0. The molecule has 0 aromatic heterocycles. The molecular weight excluding hydrogens is 368 g/mol. The lowest BCUT2D eigenvalue weighted by Gasteiger charge is -2.12. The van der Waals surface area contributed by atoms with E-state index in [0.717, 1.165) is 46.1 Å². The van der Waals surface area contributed by atoms with Gasteiger partial charge in [-0.3, -0.25) is 0 Å². The van der Waals surface area contributed by atoms with Crippen molar-refractivity contribution in [2.45, 2.75) is 13.5 Å². The summed E-state index contributed by atoms with van der Waals surface area (Å²) in [4.78, 5) is 0. The van der Waals surface area contributed by atoms with Gasteiger partial charge >= 0.3 is 0 Å². The SMILES string of the molecule is Cc1ccc(NCc2ccc(-c3cc(Nc4ccc(N)cc4)ccc3N)cc2)cc1. The van der Waals surface area contributed by atoms with E-state index >= 15 is 0 Å². The van der Waals surface area contributed by atoms with Crippen molar-refractivity contribution in [2.75, 3.05) is 22.1 Å². The third kappa shape index (κ3) is 4.73. The van der Waals surface area contributed by atoms with Gasteiger partial charge < -0.3 is 22.1 Å². The van der Waals surface area contributed by atoms with Crippen LogP contribution in [0.3, 0.4) is 0 Å². The smallest absolute Gasteiger partial charge is 0.0400 e. The zero-order valence-corrected chi connectivity index (χ0v) is 17.0. The van der Waals surface area contributed by atoms with Gasteiger partial charge in [-0.1, -0.05) is 42.0 Å². The largest absolute Gasteiger partial charge is 0.399 e. The summed E-state index contributed by atoms with van der Waals surface area (Å²) >= 11 is 0. The second kappa shape index (κ2) is 8.62. The fourth-order valence-corrected chi connectivity index (χ4v) is 3.29. The molecule has 0 saturated heterocycles. The molecule has 0 spiro atoms. The van der Waals surface area contributed by atoms with Crippen LogP contribution in [0.15, 0.2) is 91.0 Å². The van der Waals surface area contributed by atoms with Gasteiger partial charge in [-0.2, -0.15) is 0 Å². The quantitative estimate of drug-likeness (QED) is 0.294. The molecule has 4 heteroatoms. The number of hydrogen-bond acceptors (Lipinski definition) is 4. The number of benzene rings is 4. The van der Waals surface area contributed by atoms with Crippen molar-refractivity contribution in [1.29, 1.82) is 0 Å². The van der Waals surface area contributed by atoms with Gasteiger partial charge in [0.15, 0.2) is 0 Å². The number of hydrogen-bond donors (Lipinski definition) is 4. The van der Waals surface area contributed by atoms with Crippen LogP contribution in [0.5, 0.6) is 0 Å². The molecule has 0 bridgehead atoms. The zero-order valence-electron chi connectivity index (χ0n) is 17.0. The number of nitrogen functional groups attached to an aromatic ring is 2. The molecule has 4 rings (SSSR count). The van der Waals surface area contributed by atoms with Gasteiger partial charge in [0, 0.05) is 40.5 Å². The first-order valence-corrected chi connectivity index (χ1v) is 9.99. The van der Waals surface area contributed by atoms with Crippen LogP contribution in [0.1, 0.15) is 11.1 Å². The molecule has 0 amide bonds. The third-order valence-corrected chi connectivity index (χ3v) is 5.07. The molecule has 30 heavy (non-hydrogen) atoms. The summed E-state index contributed by atoms with van der Waals surface area (Å²) in [5, 5.41) is 6.86. The number of rotatable bonds is 6. The molecule has 4 aromatic carbocycles. The van der Waals surface area contributed by atoms with Crippen molar-refractivity contribution in [2.24, 2.45) is 0 Å². The summed E-state index contributed by atoms with van der Waals surface area (Å²) in [7, 11) is 0. The number of nitrogens with two attached hydrogens (primary N) is 2. The second-order valence-electron chi connectivity index (χ2n) is 7.47. The molecule has 0 heterocycles. The Morgan fingerprint density at radius 3 is 2.00 bits per heavy atom. The monoisotopic (exact) mass is 394 g/mol. The Hall–Kier alpha value is -3.92. The molecule has 4 aromatic rings. The normalized spacial score (nSPS) is 10.6. The highest BCUT2D eigenvalue weighted by molar-refractivity contribution is 5.81. The zero-order chi connectivity index (χ0) is 20.9. The molecule has 0 atom stereocenters. The summed E-state index contributed by atoms with van der Waals surface area (Å²) in [5.74, 6) is 0. The molecule has 0 aliphatic carbocycles. The Bertz CT molecular complexity index is 1120. The summed E-state index contributed by atoms with van der Waals surface area (Å²) in [6.07, 6.45) is 0. The van der Waals surface area contributed by atoms with Gasteiger partial charge in [-0.15, -0.1) is 0 Å². The Balaban J connectivity index is 1.47. The van der Waals surface area contributed by atoms with E-state index in [-0.39, 0.29) is 0 Å². The van der Waals surface area contributed by atoms with Crippen molar-refractivity contribution < 1.29 is 0 Å². The van der Waals surface area contributed by atoms with E-state index in [1.807, 2.05) is 36.4 Å². The van der Waals surface area contributed by atoms with E-state index in [1.165, 1.54) is 11.1 Å². The average molecular weight is 395 g/mol. The Labute approximate surface area is 177 Å². The standard InChI is InChI=1S/C26H26N4/c1-18-2-10-22(11-3-18)29-17-19-4-6-20(7-5-19)25-16-24(14-15-26(25)28)30-23-12-8-21(27)9-13-23/h2-16,29-30H,17,27-28H2,1H3. The molecule has 0 radical (unpaired) electrons. The summed E-state index contributed by atoms with van der Waals surface area (Å²) in [5.41, 5.74) is 21.2. The highest BCUT2D eigenvalue weighted by Gasteiger charge is 2.06. The predicted octanol–water partition coefficient (Wildman–Crippen LogP) is 6.18. The first kappa shape index (κ1) is 19.4. The van der Waals surface area contributed by atoms with Crippen LogP contribution in [0.25, 0.3) is 11.1 Å². The fraction of sp³-hybridized carbons (Fsp3) is 0.0769. The minimum absolute atomic E-state index is 0.746. The average Bonchev–Trinajstić information content (AvgIpc) is 2.77. The molecule has 150 valence electrons. The van der Waals surface area contributed by atoms with E-state index < -0.39 is 0 Å². The van der Waals surface area contributed by atoms with E-state index in [2.05, 4.69) is 72.2 Å². The molecule has 6 N–H and O–H groups in total. The lowest BCUT2D eigenvalue weighted by Crippen LogP contribution is -1.99. The van der Waals surface area contributed by atoms with Gasteiger partial charge in [-0.25, -0.2) is 0 Å².